The number of fused-ring (bicyclic) bond motifs is 1. The molecule has 3 heterocycles. The Hall–Kier alpha value is -4.01. The fraction of sp³-hybridized carbons (Fsp3) is 0.393. The summed E-state index contributed by atoms with van der Waals surface area (Å²) >= 11 is 0. The van der Waals surface area contributed by atoms with Gasteiger partial charge in [-0.15, -0.1) is 10.2 Å². The van der Waals surface area contributed by atoms with Crippen LogP contribution < -0.4 is 4.90 Å². The Bertz CT molecular complexity index is 1390. The maximum Gasteiger partial charge on any atom is 0.410 e. The number of carbonyl (C=O) groups excluding carboxylic acids is 1. The zero-order chi connectivity index (χ0) is 26.0. The van der Waals surface area contributed by atoms with Crippen LogP contribution in [0.15, 0.2) is 48.5 Å². The number of amides is 1. The van der Waals surface area contributed by atoms with Gasteiger partial charge in [0.1, 0.15) is 11.3 Å². The normalized spacial score (nSPS) is 14.3. The van der Waals surface area contributed by atoms with Gasteiger partial charge in [0.2, 0.25) is 0 Å². The number of piperazine rings is 1. The predicted octanol–water partition coefficient (Wildman–Crippen LogP) is 4.57. The largest absolute Gasteiger partial charge is 0.444 e. The molecule has 1 aliphatic rings. The molecule has 9 heteroatoms. The second kappa shape index (κ2) is 10.2. The average molecular weight is 500 g/mol. The molecule has 1 aliphatic heterocycles. The van der Waals surface area contributed by atoms with Gasteiger partial charge in [0.25, 0.3) is 0 Å². The van der Waals surface area contributed by atoms with E-state index in [2.05, 4.69) is 43.5 Å². The summed E-state index contributed by atoms with van der Waals surface area (Å²) in [5.74, 6) is 1.41. The Morgan fingerprint density at radius 3 is 2.49 bits per heavy atom. The SMILES string of the molecule is Cc1[nH]nc2ccc(-c3nnc(CCc4ccccc4)c(N4CCN(C(=O)OC(C)(C)C)CC4)n3)cc12. The highest BCUT2D eigenvalue weighted by atomic mass is 16.6. The number of hydrogen-bond acceptors (Lipinski definition) is 7. The molecule has 1 fully saturated rings. The quantitative estimate of drug-likeness (QED) is 0.429. The van der Waals surface area contributed by atoms with E-state index in [1.807, 2.05) is 58.0 Å². The molecule has 1 amide bonds. The van der Waals surface area contributed by atoms with Crippen LogP contribution in [-0.4, -0.2) is 68.2 Å². The summed E-state index contributed by atoms with van der Waals surface area (Å²) in [6.07, 6.45) is 1.30. The van der Waals surface area contributed by atoms with Gasteiger partial charge in [0.05, 0.1) is 5.52 Å². The lowest BCUT2D eigenvalue weighted by atomic mass is 10.1. The number of benzene rings is 2. The highest BCUT2D eigenvalue weighted by Gasteiger charge is 2.28. The number of carbonyl (C=O) groups is 1. The van der Waals surface area contributed by atoms with E-state index in [1.165, 1.54) is 5.56 Å². The van der Waals surface area contributed by atoms with E-state index in [1.54, 1.807) is 4.90 Å². The molecule has 4 aromatic rings. The molecule has 0 unspecified atom stereocenters. The fourth-order valence-electron chi connectivity index (χ4n) is 4.49. The van der Waals surface area contributed by atoms with E-state index in [0.717, 1.165) is 46.5 Å². The Morgan fingerprint density at radius 1 is 1.00 bits per heavy atom. The van der Waals surface area contributed by atoms with Crippen LogP contribution in [0.5, 0.6) is 0 Å². The predicted molar refractivity (Wildman–Crippen MR) is 144 cm³/mol. The summed E-state index contributed by atoms with van der Waals surface area (Å²) in [5.41, 5.74) is 4.40. The molecule has 2 aromatic heterocycles. The topological polar surface area (TPSA) is 100 Å². The highest BCUT2D eigenvalue weighted by Crippen LogP contribution is 2.26. The highest BCUT2D eigenvalue weighted by molar-refractivity contribution is 5.85. The Morgan fingerprint density at radius 2 is 1.76 bits per heavy atom. The molecule has 2 aromatic carbocycles. The van der Waals surface area contributed by atoms with Crippen LogP contribution in [0.4, 0.5) is 10.6 Å². The number of rotatable bonds is 5. The number of aryl methyl sites for hydroxylation is 3. The molecule has 192 valence electrons. The molecule has 1 saturated heterocycles. The van der Waals surface area contributed by atoms with Crippen LogP contribution in [0, 0.1) is 6.92 Å². The van der Waals surface area contributed by atoms with Gasteiger partial charge in [-0.25, -0.2) is 9.78 Å². The molecular formula is C28H33N7O2. The minimum Gasteiger partial charge on any atom is -0.444 e. The van der Waals surface area contributed by atoms with E-state index in [-0.39, 0.29) is 6.09 Å². The summed E-state index contributed by atoms with van der Waals surface area (Å²) in [7, 11) is 0. The van der Waals surface area contributed by atoms with E-state index >= 15 is 0 Å². The van der Waals surface area contributed by atoms with Crippen molar-refractivity contribution in [2.75, 3.05) is 31.1 Å². The minimum atomic E-state index is -0.515. The summed E-state index contributed by atoms with van der Waals surface area (Å²) < 4.78 is 5.57. The van der Waals surface area contributed by atoms with Crippen molar-refractivity contribution in [3.63, 3.8) is 0 Å². The van der Waals surface area contributed by atoms with Crippen LogP contribution in [0.3, 0.4) is 0 Å². The average Bonchev–Trinajstić information content (AvgIpc) is 3.27. The van der Waals surface area contributed by atoms with Gasteiger partial charge in [-0.3, -0.25) is 5.10 Å². The van der Waals surface area contributed by atoms with Gasteiger partial charge < -0.3 is 14.5 Å². The van der Waals surface area contributed by atoms with Crippen molar-refractivity contribution in [1.29, 1.82) is 0 Å². The van der Waals surface area contributed by atoms with Crippen molar-refractivity contribution in [3.8, 4) is 11.4 Å². The minimum absolute atomic E-state index is 0.276. The van der Waals surface area contributed by atoms with Gasteiger partial charge in [0, 0.05) is 42.8 Å². The molecule has 37 heavy (non-hydrogen) atoms. The van der Waals surface area contributed by atoms with Gasteiger partial charge in [-0.05, 0) is 64.3 Å². The monoisotopic (exact) mass is 499 g/mol. The second-order valence-corrected chi connectivity index (χ2v) is 10.4. The molecule has 0 radical (unpaired) electrons. The summed E-state index contributed by atoms with van der Waals surface area (Å²) in [6.45, 7) is 10.1. The third-order valence-corrected chi connectivity index (χ3v) is 6.46. The van der Waals surface area contributed by atoms with Gasteiger partial charge in [0.15, 0.2) is 11.6 Å². The Kier molecular flexibility index (Phi) is 6.78. The van der Waals surface area contributed by atoms with E-state index in [0.29, 0.717) is 32.0 Å². The van der Waals surface area contributed by atoms with Gasteiger partial charge in [-0.2, -0.15) is 5.10 Å². The molecule has 0 saturated carbocycles. The summed E-state index contributed by atoms with van der Waals surface area (Å²) in [4.78, 5) is 21.6. The number of aromatic nitrogens is 5. The lowest BCUT2D eigenvalue weighted by Gasteiger charge is -2.36. The van der Waals surface area contributed by atoms with E-state index in [9.17, 15) is 4.79 Å². The third-order valence-electron chi connectivity index (χ3n) is 6.46. The van der Waals surface area contributed by atoms with Crippen LogP contribution >= 0.6 is 0 Å². The van der Waals surface area contributed by atoms with Crippen molar-refractivity contribution in [2.45, 2.75) is 46.1 Å². The van der Waals surface area contributed by atoms with E-state index in [4.69, 9.17) is 9.72 Å². The number of H-pyrrole nitrogens is 1. The number of ether oxygens (including phenoxy) is 1. The fourth-order valence-corrected chi connectivity index (χ4v) is 4.49. The smallest absolute Gasteiger partial charge is 0.410 e. The Balaban J connectivity index is 1.41. The van der Waals surface area contributed by atoms with Crippen molar-refractivity contribution in [3.05, 3.63) is 65.5 Å². The van der Waals surface area contributed by atoms with Crippen LogP contribution in [0.2, 0.25) is 0 Å². The zero-order valence-corrected chi connectivity index (χ0v) is 21.9. The molecular weight excluding hydrogens is 466 g/mol. The molecule has 0 aliphatic carbocycles. The maximum absolute atomic E-state index is 12.6. The summed E-state index contributed by atoms with van der Waals surface area (Å²) in [5, 5.41) is 17.6. The first-order valence-corrected chi connectivity index (χ1v) is 12.7. The third kappa shape index (κ3) is 5.71. The zero-order valence-electron chi connectivity index (χ0n) is 21.9. The number of nitrogens with one attached hydrogen (secondary N) is 1. The second-order valence-electron chi connectivity index (χ2n) is 10.4. The number of aromatic amines is 1. The molecule has 0 spiro atoms. The number of hydrogen-bond donors (Lipinski definition) is 1. The molecule has 1 N–H and O–H groups in total. The number of nitrogens with zero attached hydrogens (tertiary/aromatic N) is 6. The van der Waals surface area contributed by atoms with Crippen LogP contribution in [0.25, 0.3) is 22.3 Å². The van der Waals surface area contributed by atoms with Crippen LogP contribution in [-0.2, 0) is 17.6 Å². The standard InChI is InChI=1S/C28H33N7O2/c1-19-22-18-21(11-13-23(22)31-30-19)25-29-26(24(32-33-25)12-10-20-8-6-5-7-9-20)34-14-16-35(17-15-34)27(36)37-28(2,3)4/h5-9,11,13,18H,10,12,14-17H2,1-4H3,(H,30,31). The lowest BCUT2D eigenvalue weighted by Crippen LogP contribution is -2.50. The molecule has 0 atom stereocenters. The first kappa shape index (κ1) is 24.7. The van der Waals surface area contributed by atoms with E-state index < -0.39 is 5.60 Å². The molecule has 9 nitrogen and oxygen atoms in total. The lowest BCUT2D eigenvalue weighted by molar-refractivity contribution is 0.0240. The first-order chi connectivity index (χ1) is 17.8. The number of anilines is 1. The van der Waals surface area contributed by atoms with Gasteiger partial charge in [-0.1, -0.05) is 30.3 Å². The first-order valence-electron chi connectivity index (χ1n) is 12.7. The maximum atomic E-state index is 12.6. The molecule has 0 bridgehead atoms. The van der Waals surface area contributed by atoms with Crippen molar-refractivity contribution in [2.24, 2.45) is 0 Å². The summed E-state index contributed by atoms with van der Waals surface area (Å²) in [6, 6.07) is 16.4. The van der Waals surface area contributed by atoms with Gasteiger partial charge >= 0.3 is 6.09 Å². The molecule has 5 rings (SSSR count). The van der Waals surface area contributed by atoms with Crippen molar-refractivity contribution >= 4 is 22.8 Å². The Labute approximate surface area is 216 Å². The van der Waals surface area contributed by atoms with Crippen LogP contribution in [0.1, 0.15) is 37.7 Å². The van der Waals surface area contributed by atoms with Crippen molar-refractivity contribution < 1.29 is 9.53 Å². The van der Waals surface area contributed by atoms with Crippen molar-refractivity contribution in [1.82, 2.24) is 30.3 Å².